The summed E-state index contributed by atoms with van der Waals surface area (Å²) in [6.45, 7) is 2.33. The van der Waals surface area contributed by atoms with Crippen molar-refractivity contribution in [1.82, 2.24) is 0 Å². The van der Waals surface area contributed by atoms with E-state index in [-0.39, 0.29) is 12.2 Å². The van der Waals surface area contributed by atoms with Gasteiger partial charge in [-0.3, -0.25) is 4.79 Å². The smallest absolute Gasteiger partial charge is 0.338 e. The minimum Gasteiger partial charge on any atom is -0.459 e. The van der Waals surface area contributed by atoms with E-state index < -0.39 is 41.8 Å². The Morgan fingerprint density at radius 2 is 1.52 bits per heavy atom. The number of nitriles is 1. The normalized spacial score (nSPS) is 24.6. The lowest BCUT2D eigenvalue weighted by molar-refractivity contribution is -0.185. The Balaban J connectivity index is 1.81. The van der Waals surface area contributed by atoms with Crippen LogP contribution in [0.3, 0.4) is 0 Å². The lowest BCUT2D eigenvalue weighted by Crippen LogP contribution is -2.43. The molecule has 31 heavy (non-hydrogen) atoms. The number of esters is 3. The minimum atomic E-state index is -1.51. The van der Waals surface area contributed by atoms with Crippen LogP contribution in [0.15, 0.2) is 60.7 Å². The molecule has 0 aliphatic carbocycles. The second-order valence-electron chi connectivity index (χ2n) is 7.17. The molecule has 2 aromatic rings. The number of hydrogen-bond donors (Lipinski definition) is 0. The molecule has 0 spiro atoms. The summed E-state index contributed by atoms with van der Waals surface area (Å²) in [5.74, 6) is -1.95. The molecular weight excluding hydrogens is 402 g/mol. The second-order valence-corrected chi connectivity index (χ2v) is 7.17. The van der Waals surface area contributed by atoms with E-state index in [0.29, 0.717) is 5.56 Å². The van der Waals surface area contributed by atoms with Crippen LogP contribution in [0, 0.1) is 16.7 Å². The van der Waals surface area contributed by atoms with Crippen molar-refractivity contribution in [3.05, 3.63) is 71.8 Å². The van der Waals surface area contributed by atoms with E-state index in [1.54, 1.807) is 60.7 Å². The van der Waals surface area contributed by atoms with Gasteiger partial charge in [0.05, 0.1) is 17.2 Å². The summed E-state index contributed by atoms with van der Waals surface area (Å²) in [6, 6.07) is 18.6. The second kappa shape index (κ2) is 9.41. The number of rotatable bonds is 6. The average molecular weight is 423 g/mol. The van der Waals surface area contributed by atoms with Crippen molar-refractivity contribution in [3.63, 3.8) is 0 Å². The summed E-state index contributed by atoms with van der Waals surface area (Å²) < 4.78 is 21.7. The molecule has 8 nitrogen and oxygen atoms in total. The lowest BCUT2D eigenvalue weighted by Gasteiger charge is -2.27. The van der Waals surface area contributed by atoms with Crippen LogP contribution >= 0.6 is 0 Å². The van der Waals surface area contributed by atoms with Gasteiger partial charge in [-0.05, 0) is 31.2 Å². The van der Waals surface area contributed by atoms with E-state index >= 15 is 0 Å². The fraction of sp³-hybridized carbons (Fsp3) is 0.304. The van der Waals surface area contributed by atoms with Gasteiger partial charge in [0, 0.05) is 6.92 Å². The van der Waals surface area contributed by atoms with Gasteiger partial charge < -0.3 is 18.9 Å². The highest BCUT2D eigenvalue weighted by Gasteiger charge is 2.59. The van der Waals surface area contributed by atoms with Crippen LogP contribution in [-0.4, -0.2) is 43.0 Å². The van der Waals surface area contributed by atoms with Crippen LogP contribution in [0.1, 0.15) is 34.6 Å². The maximum absolute atomic E-state index is 12.6. The van der Waals surface area contributed by atoms with Crippen LogP contribution in [0.2, 0.25) is 0 Å². The third-order valence-electron chi connectivity index (χ3n) is 4.86. The zero-order valence-corrected chi connectivity index (χ0v) is 17.0. The van der Waals surface area contributed by atoms with Crippen LogP contribution in [0.5, 0.6) is 0 Å². The molecule has 0 radical (unpaired) electrons. The molecule has 1 aliphatic heterocycles. The van der Waals surface area contributed by atoms with Gasteiger partial charge in [0.25, 0.3) is 0 Å². The summed E-state index contributed by atoms with van der Waals surface area (Å²) in [5.41, 5.74) is -0.906. The van der Waals surface area contributed by atoms with E-state index in [9.17, 15) is 19.6 Å². The topological polar surface area (TPSA) is 112 Å². The summed E-state index contributed by atoms with van der Waals surface area (Å²) in [4.78, 5) is 36.4. The summed E-state index contributed by atoms with van der Waals surface area (Å²) in [5, 5.41) is 9.82. The molecule has 1 fully saturated rings. The fourth-order valence-electron chi connectivity index (χ4n) is 3.21. The van der Waals surface area contributed by atoms with E-state index in [1.165, 1.54) is 13.8 Å². The molecule has 0 N–H and O–H groups in total. The third kappa shape index (κ3) is 4.90. The first kappa shape index (κ1) is 22.0. The molecule has 160 valence electrons. The van der Waals surface area contributed by atoms with E-state index in [4.69, 9.17) is 18.9 Å². The number of benzene rings is 2. The predicted molar refractivity (Wildman–Crippen MR) is 107 cm³/mol. The van der Waals surface area contributed by atoms with Gasteiger partial charge >= 0.3 is 17.9 Å². The molecule has 2 unspecified atom stereocenters. The molecule has 8 heteroatoms. The molecular formula is C23H21NO7. The fourth-order valence-corrected chi connectivity index (χ4v) is 3.21. The monoisotopic (exact) mass is 423 g/mol. The highest BCUT2D eigenvalue weighted by molar-refractivity contribution is 5.90. The predicted octanol–water partition coefficient (Wildman–Crippen LogP) is 2.89. The van der Waals surface area contributed by atoms with E-state index in [2.05, 4.69) is 0 Å². The summed E-state index contributed by atoms with van der Waals surface area (Å²) in [7, 11) is 0. The number of hydrogen-bond acceptors (Lipinski definition) is 8. The molecule has 1 saturated heterocycles. The molecule has 3 rings (SSSR count). The Morgan fingerprint density at radius 1 is 0.968 bits per heavy atom. The largest absolute Gasteiger partial charge is 0.459 e. The van der Waals surface area contributed by atoms with Gasteiger partial charge in [-0.15, -0.1) is 0 Å². The average Bonchev–Trinajstić information content (AvgIpc) is 3.04. The van der Waals surface area contributed by atoms with Gasteiger partial charge in [0.2, 0.25) is 6.29 Å². The van der Waals surface area contributed by atoms with Gasteiger partial charge in [0.1, 0.15) is 12.7 Å². The van der Waals surface area contributed by atoms with Gasteiger partial charge in [-0.1, -0.05) is 36.4 Å². The van der Waals surface area contributed by atoms with Crippen molar-refractivity contribution in [2.75, 3.05) is 6.61 Å². The molecule has 0 aromatic heterocycles. The Labute approximate surface area is 179 Å². The molecule has 1 aliphatic rings. The molecule has 4 atom stereocenters. The van der Waals surface area contributed by atoms with Crippen LogP contribution < -0.4 is 0 Å². The van der Waals surface area contributed by atoms with Crippen molar-refractivity contribution in [2.24, 2.45) is 5.41 Å². The van der Waals surface area contributed by atoms with Crippen LogP contribution in [0.4, 0.5) is 0 Å². The van der Waals surface area contributed by atoms with Gasteiger partial charge in [-0.2, -0.15) is 5.26 Å². The van der Waals surface area contributed by atoms with Gasteiger partial charge in [-0.25, -0.2) is 9.59 Å². The summed E-state index contributed by atoms with van der Waals surface area (Å²) >= 11 is 0. The first-order valence-corrected chi connectivity index (χ1v) is 9.57. The first-order chi connectivity index (χ1) is 14.8. The third-order valence-corrected chi connectivity index (χ3v) is 4.86. The molecule has 0 bridgehead atoms. The number of ether oxygens (including phenoxy) is 4. The molecule has 2 aromatic carbocycles. The minimum absolute atomic E-state index is 0.277. The zero-order chi connectivity index (χ0) is 22.4. The highest BCUT2D eigenvalue weighted by atomic mass is 16.7. The SMILES string of the molecule is CC(=O)OC1OC(COC(=O)c2ccccc2)[C@@H](OC(=O)c2ccccc2)[C@@]1(C)C#N. The number of carbonyl (C=O) groups is 3. The molecule has 1 heterocycles. The van der Waals surface area contributed by atoms with Crippen LogP contribution in [0.25, 0.3) is 0 Å². The molecule has 0 saturated carbocycles. The van der Waals surface area contributed by atoms with Crippen molar-refractivity contribution in [3.8, 4) is 6.07 Å². The molecule has 0 amide bonds. The zero-order valence-electron chi connectivity index (χ0n) is 17.0. The van der Waals surface area contributed by atoms with Crippen LogP contribution in [-0.2, 0) is 23.7 Å². The highest BCUT2D eigenvalue weighted by Crippen LogP contribution is 2.41. The van der Waals surface area contributed by atoms with E-state index in [1.807, 2.05) is 6.07 Å². The Morgan fingerprint density at radius 3 is 2.03 bits per heavy atom. The Kier molecular flexibility index (Phi) is 6.68. The Bertz CT molecular complexity index is 986. The van der Waals surface area contributed by atoms with Gasteiger partial charge in [0.15, 0.2) is 11.5 Å². The van der Waals surface area contributed by atoms with Crippen molar-refractivity contribution in [1.29, 1.82) is 5.26 Å². The van der Waals surface area contributed by atoms with Crippen molar-refractivity contribution < 1.29 is 33.3 Å². The summed E-state index contributed by atoms with van der Waals surface area (Å²) in [6.07, 6.45) is -3.48. The lowest BCUT2D eigenvalue weighted by atomic mass is 9.84. The quantitative estimate of drug-likeness (QED) is 0.515. The first-order valence-electron chi connectivity index (χ1n) is 9.57. The number of carbonyl (C=O) groups excluding carboxylic acids is 3. The maximum Gasteiger partial charge on any atom is 0.338 e. The van der Waals surface area contributed by atoms with Crippen molar-refractivity contribution >= 4 is 17.9 Å². The Hall–Kier alpha value is -3.70. The maximum atomic E-state index is 12.6. The number of nitrogens with zero attached hydrogens (tertiary/aromatic N) is 1. The van der Waals surface area contributed by atoms with Crippen molar-refractivity contribution in [2.45, 2.75) is 32.3 Å². The van der Waals surface area contributed by atoms with E-state index in [0.717, 1.165) is 0 Å². The standard InChI is InChI=1S/C23H21NO7/c1-15(25)29-22-23(2,14-24)19(31-21(27)17-11-7-4-8-12-17)18(30-22)13-28-20(26)16-9-5-3-6-10-16/h3-12,18-19,22H,13H2,1-2H3/t18?,19-,22?,23-/m1/s1.